The summed E-state index contributed by atoms with van der Waals surface area (Å²) < 4.78 is 0. The van der Waals surface area contributed by atoms with Gasteiger partial charge in [0.1, 0.15) is 0 Å². The minimum atomic E-state index is 0.240. The molecule has 0 unspecified atom stereocenters. The number of nitrogens with one attached hydrogen (secondary N) is 2. The third-order valence-corrected chi connectivity index (χ3v) is 4.60. The molecule has 1 aliphatic carbocycles. The van der Waals surface area contributed by atoms with Crippen LogP contribution >= 0.6 is 11.8 Å². The molecule has 4 heteroatoms. The molecule has 2 N–H and O–H groups in total. The summed E-state index contributed by atoms with van der Waals surface area (Å²) in [4.78, 5) is 11.7. The lowest BCUT2D eigenvalue weighted by atomic mass is 9.95. The van der Waals surface area contributed by atoms with Crippen LogP contribution in [0.25, 0.3) is 0 Å². The van der Waals surface area contributed by atoms with Gasteiger partial charge in [0.25, 0.3) is 0 Å². The second-order valence-corrected chi connectivity index (χ2v) is 5.97. The minimum Gasteiger partial charge on any atom is -0.353 e. The lowest BCUT2D eigenvalue weighted by molar-refractivity contribution is -0.119. The van der Waals surface area contributed by atoms with Crippen LogP contribution in [0.1, 0.15) is 32.1 Å². The largest absolute Gasteiger partial charge is 0.353 e. The Balaban J connectivity index is 1.52. The quantitative estimate of drug-likeness (QED) is 0.765. The van der Waals surface area contributed by atoms with Crippen LogP contribution in [0.2, 0.25) is 0 Å². The highest BCUT2D eigenvalue weighted by atomic mass is 32.2. The van der Waals surface area contributed by atoms with Gasteiger partial charge in [0.2, 0.25) is 5.91 Å². The molecule has 1 aliphatic heterocycles. The Kier molecular flexibility index (Phi) is 4.97. The van der Waals surface area contributed by atoms with E-state index < -0.39 is 0 Å². The van der Waals surface area contributed by atoms with Crippen LogP contribution in [0.5, 0.6) is 0 Å². The van der Waals surface area contributed by atoms with Gasteiger partial charge in [-0.2, -0.15) is 11.8 Å². The van der Waals surface area contributed by atoms with Crippen LogP contribution < -0.4 is 10.6 Å². The summed E-state index contributed by atoms with van der Waals surface area (Å²) >= 11 is 1.78. The normalized spacial score (nSPS) is 22.8. The summed E-state index contributed by atoms with van der Waals surface area (Å²) in [5, 5.41) is 6.40. The Hall–Kier alpha value is -0.220. The Morgan fingerprint density at radius 3 is 2.62 bits per heavy atom. The number of hydrogen-bond donors (Lipinski definition) is 2. The topological polar surface area (TPSA) is 41.1 Å². The smallest absolute Gasteiger partial charge is 0.230 e. The van der Waals surface area contributed by atoms with Crippen molar-refractivity contribution in [3.63, 3.8) is 0 Å². The van der Waals surface area contributed by atoms with E-state index >= 15 is 0 Å². The fourth-order valence-electron chi connectivity index (χ4n) is 2.30. The van der Waals surface area contributed by atoms with Gasteiger partial charge in [-0.25, -0.2) is 0 Å². The summed E-state index contributed by atoms with van der Waals surface area (Å²) in [7, 11) is 0. The van der Waals surface area contributed by atoms with Crippen molar-refractivity contribution in [3.8, 4) is 0 Å². The fourth-order valence-corrected chi connectivity index (χ4v) is 3.26. The van der Waals surface area contributed by atoms with Gasteiger partial charge >= 0.3 is 0 Å². The first-order valence-corrected chi connectivity index (χ1v) is 7.58. The molecular weight excluding hydrogens is 220 g/mol. The second kappa shape index (κ2) is 6.50. The highest BCUT2D eigenvalue weighted by molar-refractivity contribution is 7.99. The van der Waals surface area contributed by atoms with Crippen molar-refractivity contribution in [1.29, 1.82) is 0 Å². The van der Waals surface area contributed by atoms with Gasteiger partial charge in [0.15, 0.2) is 0 Å². The SMILES string of the molecule is O=C(CSCC1CNC1)NC1CCCCC1. The van der Waals surface area contributed by atoms with E-state index in [1.807, 2.05) is 0 Å². The summed E-state index contributed by atoms with van der Waals surface area (Å²) in [5.74, 6) is 2.81. The molecule has 0 radical (unpaired) electrons. The molecule has 0 aromatic heterocycles. The first-order valence-electron chi connectivity index (χ1n) is 6.42. The van der Waals surface area contributed by atoms with Crippen molar-refractivity contribution in [1.82, 2.24) is 10.6 Å². The first-order chi connectivity index (χ1) is 7.84. The third kappa shape index (κ3) is 3.98. The van der Waals surface area contributed by atoms with Gasteiger partial charge in [0, 0.05) is 6.04 Å². The minimum absolute atomic E-state index is 0.240. The molecule has 2 fully saturated rings. The van der Waals surface area contributed by atoms with E-state index in [0.29, 0.717) is 11.8 Å². The van der Waals surface area contributed by atoms with E-state index in [0.717, 1.165) is 24.8 Å². The maximum atomic E-state index is 11.7. The Morgan fingerprint density at radius 1 is 1.25 bits per heavy atom. The molecule has 1 saturated carbocycles. The maximum absolute atomic E-state index is 11.7. The van der Waals surface area contributed by atoms with Crippen LogP contribution in [-0.2, 0) is 4.79 Å². The van der Waals surface area contributed by atoms with Crippen molar-refractivity contribution < 1.29 is 4.79 Å². The average Bonchev–Trinajstić information content (AvgIpc) is 2.23. The van der Waals surface area contributed by atoms with E-state index in [2.05, 4.69) is 10.6 Å². The molecule has 1 saturated heterocycles. The summed E-state index contributed by atoms with van der Waals surface area (Å²) in [6, 6.07) is 0.465. The van der Waals surface area contributed by atoms with Gasteiger partial charge in [-0.1, -0.05) is 19.3 Å². The van der Waals surface area contributed by atoms with Crippen molar-refractivity contribution in [2.45, 2.75) is 38.1 Å². The molecular formula is C12H22N2OS. The fraction of sp³-hybridized carbons (Fsp3) is 0.917. The van der Waals surface area contributed by atoms with E-state index in [4.69, 9.17) is 0 Å². The Morgan fingerprint density at radius 2 is 2.00 bits per heavy atom. The third-order valence-electron chi connectivity index (χ3n) is 3.42. The number of amides is 1. The number of carbonyl (C=O) groups is 1. The summed E-state index contributed by atoms with van der Waals surface area (Å²) in [6.07, 6.45) is 6.28. The molecule has 0 aromatic carbocycles. The second-order valence-electron chi connectivity index (χ2n) is 4.94. The van der Waals surface area contributed by atoms with Crippen LogP contribution in [0, 0.1) is 5.92 Å². The molecule has 0 atom stereocenters. The zero-order valence-corrected chi connectivity index (χ0v) is 10.7. The summed E-state index contributed by atoms with van der Waals surface area (Å²) in [6.45, 7) is 2.27. The van der Waals surface area contributed by atoms with Gasteiger partial charge in [0.05, 0.1) is 5.75 Å². The van der Waals surface area contributed by atoms with Crippen LogP contribution in [0.4, 0.5) is 0 Å². The number of hydrogen-bond acceptors (Lipinski definition) is 3. The first kappa shape index (κ1) is 12.2. The van der Waals surface area contributed by atoms with Crippen LogP contribution in [0.15, 0.2) is 0 Å². The predicted molar refractivity (Wildman–Crippen MR) is 68.7 cm³/mol. The van der Waals surface area contributed by atoms with Gasteiger partial charge in [-0.15, -0.1) is 0 Å². The molecule has 92 valence electrons. The van der Waals surface area contributed by atoms with E-state index in [-0.39, 0.29) is 5.91 Å². The molecule has 2 rings (SSSR count). The lowest BCUT2D eigenvalue weighted by Crippen LogP contribution is -2.43. The van der Waals surface area contributed by atoms with Crippen molar-refractivity contribution in [2.75, 3.05) is 24.6 Å². The predicted octanol–water partition coefficient (Wildman–Crippen LogP) is 1.39. The van der Waals surface area contributed by atoms with E-state index in [1.54, 1.807) is 11.8 Å². The molecule has 1 amide bonds. The maximum Gasteiger partial charge on any atom is 0.230 e. The van der Waals surface area contributed by atoms with Gasteiger partial charge in [-0.05, 0) is 37.6 Å². The monoisotopic (exact) mass is 242 g/mol. The number of thioether (sulfide) groups is 1. The standard InChI is InChI=1S/C12H22N2OS/c15-12(9-16-8-10-6-13-7-10)14-11-4-2-1-3-5-11/h10-11,13H,1-9H2,(H,14,15). The van der Waals surface area contributed by atoms with E-state index in [9.17, 15) is 4.79 Å². The number of carbonyl (C=O) groups excluding carboxylic acids is 1. The van der Waals surface area contributed by atoms with E-state index in [1.165, 1.54) is 32.1 Å². The lowest BCUT2D eigenvalue weighted by Gasteiger charge is -2.26. The van der Waals surface area contributed by atoms with Crippen LogP contribution in [0.3, 0.4) is 0 Å². The zero-order chi connectivity index (χ0) is 11.2. The summed E-state index contributed by atoms with van der Waals surface area (Å²) in [5.41, 5.74) is 0. The molecule has 1 heterocycles. The Bertz CT molecular complexity index is 225. The molecule has 0 aromatic rings. The average molecular weight is 242 g/mol. The number of rotatable bonds is 5. The molecule has 0 bridgehead atoms. The molecule has 3 nitrogen and oxygen atoms in total. The van der Waals surface area contributed by atoms with Crippen LogP contribution in [-0.4, -0.2) is 36.5 Å². The van der Waals surface area contributed by atoms with Gasteiger partial charge in [-0.3, -0.25) is 4.79 Å². The molecule has 16 heavy (non-hydrogen) atoms. The highest BCUT2D eigenvalue weighted by Gasteiger charge is 2.18. The van der Waals surface area contributed by atoms with Crippen molar-refractivity contribution in [3.05, 3.63) is 0 Å². The Labute approximate surface area is 102 Å². The van der Waals surface area contributed by atoms with Crippen molar-refractivity contribution >= 4 is 17.7 Å². The zero-order valence-electron chi connectivity index (χ0n) is 9.84. The molecule has 0 spiro atoms. The molecule has 2 aliphatic rings. The van der Waals surface area contributed by atoms with Crippen molar-refractivity contribution in [2.24, 2.45) is 5.92 Å². The highest BCUT2D eigenvalue weighted by Crippen LogP contribution is 2.18. The van der Waals surface area contributed by atoms with Gasteiger partial charge < -0.3 is 10.6 Å².